The average Bonchev–Trinajstić information content (AvgIpc) is 2.72. The van der Waals surface area contributed by atoms with Crippen LogP contribution in [0.5, 0.6) is 5.75 Å². The van der Waals surface area contributed by atoms with Gasteiger partial charge in [-0.05, 0) is 50.5 Å². The molecule has 1 N–H and O–H groups in total. The highest BCUT2D eigenvalue weighted by Crippen LogP contribution is 2.32. The highest BCUT2D eigenvalue weighted by molar-refractivity contribution is 5.96. The molecular formula is C23H25F3N2O3. The number of nitrogens with zero attached hydrogens (tertiary/aromatic N) is 1. The van der Waals surface area contributed by atoms with E-state index < -0.39 is 17.6 Å². The van der Waals surface area contributed by atoms with E-state index >= 15 is 0 Å². The Bertz CT molecular complexity index is 951. The molecule has 2 amide bonds. The second-order valence-electron chi connectivity index (χ2n) is 7.73. The number of aryl methyl sites for hydroxylation is 2. The molecule has 0 bridgehead atoms. The number of rotatable bonds is 5. The second-order valence-corrected chi connectivity index (χ2v) is 7.73. The summed E-state index contributed by atoms with van der Waals surface area (Å²) in [5.41, 5.74) is 0.769. The number of likely N-dealkylation sites (tertiary alicyclic amines) is 1. The molecule has 0 spiro atoms. The average molecular weight is 434 g/mol. The minimum absolute atomic E-state index is 0.123. The standard InChI is InChI=1S/C23H25F3N2O3/c1-15-7-8-20(16(2)13-15)31-14-21(29)27-17-9-11-28(12-10-17)22(30)18-5-3-4-6-19(18)23(24,25)26/h3-8,13,17H,9-12,14H2,1-2H3,(H,27,29). The fourth-order valence-electron chi connectivity index (χ4n) is 3.69. The third kappa shape index (κ3) is 5.77. The zero-order valence-electron chi connectivity index (χ0n) is 17.5. The molecular weight excluding hydrogens is 409 g/mol. The smallest absolute Gasteiger partial charge is 0.417 e. The highest BCUT2D eigenvalue weighted by atomic mass is 19.4. The first kappa shape index (κ1) is 22.7. The molecule has 8 heteroatoms. The summed E-state index contributed by atoms with van der Waals surface area (Å²) in [7, 11) is 0. The molecule has 1 aliphatic heterocycles. The van der Waals surface area contributed by atoms with Gasteiger partial charge >= 0.3 is 6.18 Å². The van der Waals surface area contributed by atoms with E-state index in [4.69, 9.17) is 4.74 Å². The summed E-state index contributed by atoms with van der Waals surface area (Å²) in [6.07, 6.45) is -3.65. The first-order valence-electron chi connectivity index (χ1n) is 10.1. The van der Waals surface area contributed by atoms with Crippen molar-refractivity contribution >= 4 is 11.8 Å². The number of hydrogen-bond acceptors (Lipinski definition) is 3. The lowest BCUT2D eigenvalue weighted by Crippen LogP contribution is -2.47. The fourth-order valence-corrected chi connectivity index (χ4v) is 3.69. The molecule has 0 unspecified atom stereocenters. The molecule has 2 aromatic carbocycles. The van der Waals surface area contributed by atoms with Crippen LogP contribution in [0.25, 0.3) is 0 Å². The molecule has 1 aliphatic rings. The van der Waals surface area contributed by atoms with Gasteiger partial charge in [0.15, 0.2) is 6.61 Å². The van der Waals surface area contributed by atoms with Crippen LogP contribution in [0.1, 0.15) is 39.9 Å². The molecule has 166 valence electrons. The summed E-state index contributed by atoms with van der Waals surface area (Å²) in [4.78, 5) is 26.2. The summed E-state index contributed by atoms with van der Waals surface area (Å²) >= 11 is 0. The molecule has 31 heavy (non-hydrogen) atoms. The lowest BCUT2D eigenvalue weighted by Gasteiger charge is -2.33. The number of alkyl halides is 3. The Morgan fingerprint density at radius 3 is 2.42 bits per heavy atom. The van der Waals surface area contributed by atoms with Crippen LogP contribution in [0.15, 0.2) is 42.5 Å². The van der Waals surface area contributed by atoms with Crippen LogP contribution in [0.3, 0.4) is 0 Å². The van der Waals surface area contributed by atoms with Crippen LogP contribution < -0.4 is 10.1 Å². The molecule has 3 rings (SSSR count). The molecule has 0 aromatic heterocycles. The molecule has 5 nitrogen and oxygen atoms in total. The van der Waals surface area contributed by atoms with E-state index in [1.807, 2.05) is 32.0 Å². The van der Waals surface area contributed by atoms with Crippen molar-refractivity contribution in [2.75, 3.05) is 19.7 Å². The Kier molecular flexibility index (Phi) is 6.87. The van der Waals surface area contributed by atoms with Gasteiger partial charge in [-0.2, -0.15) is 13.2 Å². The van der Waals surface area contributed by atoms with Crippen molar-refractivity contribution in [3.05, 3.63) is 64.7 Å². The maximum Gasteiger partial charge on any atom is 0.417 e. The maximum absolute atomic E-state index is 13.2. The molecule has 2 aromatic rings. The van der Waals surface area contributed by atoms with Crippen molar-refractivity contribution in [1.29, 1.82) is 0 Å². The molecule has 0 aliphatic carbocycles. The number of piperidine rings is 1. The van der Waals surface area contributed by atoms with E-state index in [0.717, 1.165) is 17.2 Å². The zero-order chi connectivity index (χ0) is 22.6. The van der Waals surface area contributed by atoms with Crippen molar-refractivity contribution in [2.45, 2.75) is 38.9 Å². The van der Waals surface area contributed by atoms with Gasteiger partial charge in [0, 0.05) is 19.1 Å². The normalized spacial score (nSPS) is 14.9. The number of carbonyl (C=O) groups excluding carboxylic acids is 2. The van der Waals surface area contributed by atoms with E-state index in [1.165, 1.54) is 23.1 Å². The van der Waals surface area contributed by atoms with Crippen molar-refractivity contribution < 1.29 is 27.5 Å². The van der Waals surface area contributed by atoms with Gasteiger partial charge in [0.1, 0.15) is 5.75 Å². The van der Waals surface area contributed by atoms with E-state index in [1.54, 1.807) is 0 Å². The summed E-state index contributed by atoms with van der Waals surface area (Å²) in [5.74, 6) is -0.271. The summed E-state index contributed by atoms with van der Waals surface area (Å²) in [6.45, 7) is 4.30. The number of nitrogens with one attached hydrogen (secondary N) is 1. The Morgan fingerprint density at radius 2 is 1.77 bits per heavy atom. The van der Waals surface area contributed by atoms with Crippen molar-refractivity contribution in [3.63, 3.8) is 0 Å². The van der Waals surface area contributed by atoms with E-state index in [-0.39, 0.29) is 37.2 Å². The second kappa shape index (κ2) is 9.41. The predicted molar refractivity (Wildman–Crippen MR) is 110 cm³/mol. The van der Waals surface area contributed by atoms with Crippen LogP contribution in [0.4, 0.5) is 13.2 Å². The van der Waals surface area contributed by atoms with Gasteiger partial charge in [-0.25, -0.2) is 0 Å². The number of halogens is 3. The monoisotopic (exact) mass is 434 g/mol. The number of hydrogen-bond donors (Lipinski definition) is 1. The van der Waals surface area contributed by atoms with Crippen molar-refractivity contribution in [1.82, 2.24) is 10.2 Å². The van der Waals surface area contributed by atoms with Crippen LogP contribution in [-0.2, 0) is 11.0 Å². The van der Waals surface area contributed by atoms with Crippen LogP contribution in [0, 0.1) is 13.8 Å². The summed E-state index contributed by atoms with van der Waals surface area (Å²) in [5, 5.41) is 2.87. The Balaban J connectivity index is 1.51. The Hall–Kier alpha value is -3.03. The highest BCUT2D eigenvalue weighted by Gasteiger charge is 2.36. The van der Waals surface area contributed by atoms with Crippen molar-refractivity contribution in [3.8, 4) is 5.75 Å². The minimum Gasteiger partial charge on any atom is -0.484 e. The third-order valence-corrected chi connectivity index (χ3v) is 5.30. The number of amides is 2. The van der Waals surface area contributed by atoms with Crippen molar-refractivity contribution in [2.24, 2.45) is 0 Å². The number of benzene rings is 2. The van der Waals surface area contributed by atoms with Gasteiger partial charge in [0.05, 0.1) is 11.1 Å². The predicted octanol–water partition coefficient (Wildman–Crippen LogP) is 4.12. The molecule has 0 saturated carbocycles. The molecule has 0 radical (unpaired) electrons. The summed E-state index contributed by atoms with van der Waals surface area (Å²) < 4.78 is 45.1. The summed E-state index contributed by atoms with van der Waals surface area (Å²) in [6, 6.07) is 10.3. The van der Waals surface area contributed by atoms with Gasteiger partial charge in [0.25, 0.3) is 11.8 Å². The maximum atomic E-state index is 13.2. The van der Waals surface area contributed by atoms with Gasteiger partial charge in [0.2, 0.25) is 0 Å². The number of ether oxygens (including phenoxy) is 1. The van der Waals surface area contributed by atoms with Crippen LogP contribution in [0.2, 0.25) is 0 Å². The van der Waals surface area contributed by atoms with Gasteiger partial charge in [-0.3, -0.25) is 9.59 Å². The minimum atomic E-state index is -4.59. The molecule has 1 heterocycles. The lowest BCUT2D eigenvalue weighted by molar-refractivity contribution is -0.138. The van der Waals surface area contributed by atoms with Gasteiger partial charge in [-0.15, -0.1) is 0 Å². The molecule has 1 fully saturated rings. The fraction of sp³-hybridized carbons (Fsp3) is 0.391. The SMILES string of the molecule is Cc1ccc(OCC(=O)NC2CCN(C(=O)c3ccccc3C(F)(F)F)CC2)c(C)c1. The van der Waals surface area contributed by atoms with E-state index in [9.17, 15) is 22.8 Å². The largest absolute Gasteiger partial charge is 0.484 e. The van der Waals surface area contributed by atoms with Gasteiger partial charge < -0.3 is 15.0 Å². The quantitative estimate of drug-likeness (QED) is 0.770. The Morgan fingerprint density at radius 1 is 1.10 bits per heavy atom. The number of carbonyl (C=O) groups is 2. The van der Waals surface area contributed by atoms with Crippen LogP contribution in [-0.4, -0.2) is 42.5 Å². The first-order chi connectivity index (χ1) is 14.6. The molecule has 0 atom stereocenters. The third-order valence-electron chi connectivity index (χ3n) is 5.30. The van der Waals surface area contributed by atoms with E-state index in [0.29, 0.717) is 18.6 Å². The molecule has 1 saturated heterocycles. The lowest BCUT2D eigenvalue weighted by atomic mass is 10.0. The topological polar surface area (TPSA) is 58.6 Å². The van der Waals surface area contributed by atoms with E-state index in [2.05, 4.69) is 5.32 Å². The van der Waals surface area contributed by atoms with Crippen LogP contribution >= 0.6 is 0 Å². The van der Waals surface area contributed by atoms with Gasteiger partial charge in [-0.1, -0.05) is 29.8 Å². The Labute approximate surface area is 179 Å². The zero-order valence-corrected chi connectivity index (χ0v) is 17.5. The first-order valence-corrected chi connectivity index (χ1v) is 10.1.